The largest absolute Gasteiger partial charge is 0.493 e. The van der Waals surface area contributed by atoms with Crippen molar-refractivity contribution >= 4 is 23.2 Å². The van der Waals surface area contributed by atoms with E-state index < -0.39 is 5.60 Å². The van der Waals surface area contributed by atoms with Crippen LogP contribution in [0.2, 0.25) is 0 Å². The summed E-state index contributed by atoms with van der Waals surface area (Å²) in [6.45, 7) is 3.76. The highest BCUT2D eigenvalue weighted by Crippen LogP contribution is 2.42. The summed E-state index contributed by atoms with van der Waals surface area (Å²) in [6, 6.07) is 11.1. The number of nitrogens with zero attached hydrogens (tertiary/aromatic N) is 2. The van der Waals surface area contributed by atoms with Crippen molar-refractivity contribution < 1.29 is 23.9 Å². The van der Waals surface area contributed by atoms with Gasteiger partial charge in [0.1, 0.15) is 0 Å². The third-order valence-corrected chi connectivity index (χ3v) is 5.44. The molecule has 0 unspecified atom stereocenters. The van der Waals surface area contributed by atoms with Crippen molar-refractivity contribution in [2.24, 2.45) is 5.16 Å². The normalized spacial score (nSPS) is 20.8. The molecule has 1 atom stereocenters. The zero-order valence-electron chi connectivity index (χ0n) is 16.8. The van der Waals surface area contributed by atoms with Gasteiger partial charge in [-0.1, -0.05) is 29.4 Å². The summed E-state index contributed by atoms with van der Waals surface area (Å²) in [6.07, 6.45) is 0.126. The fourth-order valence-corrected chi connectivity index (χ4v) is 4.05. The van der Waals surface area contributed by atoms with Crippen LogP contribution in [-0.2, 0) is 14.4 Å². The van der Waals surface area contributed by atoms with Crippen molar-refractivity contribution in [1.82, 2.24) is 0 Å². The number of benzene rings is 2. The number of aryl methyl sites for hydroxylation is 2. The Morgan fingerprint density at radius 2 is 1.69 bits per heavy atom. The first-order valence-electron chi connectivity index (χ1n) is 9.32. The van der Waals surface area contributed by atoms with Crippen LogP contribution in [0.4, 0.5) is 5.69 Å². The van der Waals surface area contributed by atoms with E-state index in [2.05, 4.69) is 5.16 Å². The molecule has 0 aromatic heterocycles. The molecule has 0 aliphatic carbocycles. The van der Waals surface area contributed by atoms with Gasteiger partial charge in [-0.2, -0.15) is 0 Å². The molecular formula is C22H22N2O5. The van der Waals surface area contributed by atoms with Gasteiger partial charge in [0.2, 0.25) is 11.5 Å². The molecule has 7 nitrogen and oxygen atoms in total. The van der Waals surface area contributed by atoms with Gasteiger partial charge in [-0.15, -0.1) is 0 Å². The maximum absolute atomic E-state index is 13.4. The Bertz CT molecular complexity index is 1030. The Labute approximate surface area is 168 Å². The standard InChI is InChI=1S/C22H22N2O5/c1-13-7-5-8-14(2)19(13)24-18(25)12-22(21(24)26)11-16(23-29-22)15-9-6-10-17(27-3)20(15)28-4/h5-10H,11-12H2,1-4H3/t22-/m0/s1. The molecule has 0 N–H and O–H groups in total. The lowest BCUT2D eigenvalue weighted by Crippen LogP contribution is -2.41. The first-order chi connectivity index (χ1) is 13.9. The highest BCUT2D eigenvalue weighted by Gasteiger charge is 2.58. The second-order valence-corrected chi connectivity index (χ2v) is 7.29. The fraction of sp³-hybridized carbons (Fsp3) is 0.318. The Balaban J connectivity index is 1.68. The molecule has 1 spiro atoms. The van der Waals surface area contributed by atoms with Crippen LogP contribution in [0.5, 0.6) is 11.5 Å². The van der Waals surface area contributed by atoms with Crippen LogP contribution >= 0.6 is 0 Å². The van der Waals surface area contributed by atoms with E-state index in [-0.39, 0.29) is 24.7 Å². The molecule has 1 saturated heterocycles. The summed E-state index contributed by atoms with van der Waals surface area (Å²) < 4.78 is 10.8. The second kappa shape index (κ2) is 6.92. The van der Waals surface area contributed by atoms with Crippen LogP contribution in [0.15, 0.2) is 41.6 Å². The van der Waals surface area contributed by atoms with Crippen LogP contribution < -0.4 is 14.4 Å². The van der Waals surface area contributed by atoms with Crippen molar-refractivity contribution in [3.8, 4) is 11.5 Å². The summed E-state index contributed by atoms with van der Waals surface area (Å²) in [7, 11) is 3.10. The van der Waals surface area contributed by atoms with Gasteiger partial charge in [-0.05, 0) is 37.1 Å². The second-order valence-electron chi connectivity index (χ2n) is 7.29. The molecular weight excluding hydrogens is 372 g/mol. The number of carbonyl (C=O) groups is 2. The highest BCUT2D eigenvalue weighted by atomic mass is 16.7. The number of hydrogen-bond acceptors (Lipinski definition) is 6. The SMILES string of the molecule is COc1cccc(C2=NO[C@]3(CC(=O)N(c4c(C)cccc4C)C3=O)C2)c1OC. The van der Waals surface area contributed by atoms with E-state index in [1.54, 1.807) is 20.3 Å². The molecule has 4 rings (SSSR count). The van der Waals surface area contributed by atoms with Crippen molar-refractivity contribution in [2.45, 2.75) is 32.3 Å². The van der Waals surface area contributed by atoms with E-state index in [0.29, 0.717) is 28.5 Å². The summed E-state index contributed by atoms with van der Waals surface area (Å²) in [5.74, 6) is 0.388. The molecule has 2 aromatic rings. The summed E-state index contributed by atoms with van der Waals surface area (Å²) in [5, 5.41) is 4.16. The van der Waals surface area contributed by atoms with Crippen LogP contribution in [-0.4, -0.2) is 37.3 Å². The van der Waals surface area contributed by atoms with Gasteiger partial charge in [0.15, 0.2) is 11.5 Å². The molecule has 29 heavy (non-hydrogen) atoms. The minimum Gasteiger partial charge on any atom is -0.493 e. The number of methoxy groups -OCH3 is 2. The Hall–Kier alpha value is -3.35. The number of rotatable bonds is 4. The molecule has 7 heteroatoms. The monoisotopic (exact) mass is 394 g/mol. The first-order valence-corrected chi connectivity index (χ1v) is 9.32. The third-order valence-electron chi connectivity index (χ3n) is 5.44. The van der Waals surface area contributed by atoms with E-state index >= 15 is 0 Å². The first kappa shape index (κ1) is 19.0. The zero-order valence-corrected chi connectivity index (χ0v) is 16.8. The van der Waals surface area contributed by atoms with E-state index in [1.807, 2.05) is 44.2 Å². The van der Waals surface area contributed by atoms with Crippen LogP contribution in [0, 0.1) is 13.8 Å². The van der Waals surface area contributed by atoms with Gasteiger partial charge in [0.05, 0.1) is 32.0 Å². The smallest absolute Gasteiger partial charge is 0.281 e. The zero-order chi connectivity index (χ0) is 20.8. The van der Waals surface area contributed by atoms with Crippen molar-refractivity contribution in [2.75, 3.05) is 19.1 Å². The van der Waals surface area contributed by atoms with Crippen molar-refractivity contribution in [1.29, 1.82) is 0 Å². The molecule has 2 heterocycles. The Kier molecular flexibility index (Phi) is 4.53. The van der Waals surface area contributed by atoms with Crippen LogP contribution in [0.3, 0.4) is 0 Å². The van der Waals surface area contributed by atoms with Crippen molar-refractivity contribution in [3.05, 3.63) is 53.1 Å². The lowest BCUT2D eigenvalue weighted by atomic mass is 9.92. The summed E-state index contributed by atoms with van der Waals surface area (Å²) >= 11 is 0. The predicted molar refractivity (Wildman–Crippen MR) is 108 cm³/mol. The number of anilines is 1. The Morgan fingerprint density at radius 3 is 2.34 bits per heavy atom. The molecule has 1 fully saturated rings. The molecule has 2 amide bonds. The number of para-hydroxylation sites is 2. The molecule has 0 radical (unpaired) electrons. The lowest BCUT2D eigenvalue weighted by Gasteiger charge is -2.22. The predicted octanol–water partition coefficient (Wildman–Crippen LogP) is 3.15. The molecule has 2 aliphatic heterocycles. The van der Waals surface area contributed by atoms with Gasteiger partial charge < -0.3 is 14.3 Å². The average molecular weight is 394 g/mol. The number of hydrogen-bond donors (Lipinski definition) is 0. The van der Waals surface area contributed by atoms with Gasteiger partial charge in [-0.3, -0.25) is 9.59 Å². The number of oxime groups is 1. The molecule has 0 saturated carbocycles. The van der Waals surface area contributed by atoms with E-state index in [9.17, 15) is 9.59 Å². The number of amides is 2. The average Bonchev–Trinajstić information content (AvgIpc) is 3.23. The maximum atomic E-state index is 13.4. The minimum absolute atomic E-state index is 0.0567. The van der Waals surface area contributed by atoms with E-state index in [4.69, 9.17) is 14.3 Å². The maximum Gasteiger partial charge on any atom is 0.281 e. The van der Waals surface area contributed by atoms with E-state index in [0.717, 1.165) is 11.1 Å². The quantitative estimate of drug-likeness (QED) is 0.745. The molecule has 0 bridgehead atoms. The number of ether oxygens (including phenoxy) is 2. The molecule has 150 valence electrons. The Morgan fingerprint density at radius 1 is 1.00 bits per heavy atom. The van der Waals surface area contributed by atoms with Crippen LogP contribution in [0.25, 0.3) is 0 Å². The van der Waals surface area contributed by atoms with Gasteiger partial charge >= 0.3 is 0 Å². The molecule has 2 aromatic carbocycles. The fourth-order valence-electron chi connectivity index (χ4n) is 4.05. The van der Waals surface area contributed by atoms with Crippen LogP contribution in [0.1, 0.15) is 29.5 Å². The van der Waals surface area contributed by atoms with E-state index in [1.165, 1.54) is 4.90 Å². The van der Waals surface area contributed by atoms with Gasteiger partial charge in [0, 0.05) is 12.0 Å². The minimum atomic E-state index is -1.32. The van der Waals surface area contributed by atoms with Gasteiger partial charge in [0.25, 0.3) is 5.91 Å². The summed E-state index contributed by atoms with van der Waals surface area (Å²) in [5.41, 5.74) is 2.24. The topological polar surface area (TPSA) is 77.4 Å². The lowest BCUT2D eigenvalue weighted by molar-refractivity contribution is -0.136. The highest BCUT2D eigenvalue weighted by molar-refractivity contribution is 6.26. The third kappa shape index (κ3) is 2.85. The summed E-state index contributed by atoms with van der Waals surface area (Å²) in [4.78, 5) is 33.1. The molecule has 2 aliphatic rings. The number of carbonyl (C=O) groups excluding carboxylic acids is 2. The number of imide groups is 1. The van der Waals surface area contributed by atoms with Gasteiger partial charge in [-0.25, -0.2) is 4.90 Å². The van der Waals surface area contributed by atoms with Crippen molar-refractivity contribution in [3.63, 3.8) is 0 Å².